The number of aromatic amines is 1. The Hall–Kier alpha value is -1.35. The van der Waals surface area contributed by atoms with Gasteiger partial charge in [0, 0.05) is 13.1 Å². The van der Waals surface area contributed by atoms with Gasteiger partial charge in [0.15, 0.2) is 0 Å². The van der Waals surface area contributed by atoms with E-state index in [9.17, 15) is 13.2 Å². The summed E-state index contributed by atoms with van der Waals surface area (Å²) in [5.74, 6) is 3.89. The number of nitrogens with zero attached hydrogens (tertiary/aromatic N) is 3. The zero-order valence-corrected chi connectivity index (χ0v) is 7.04. The second-order valence-corrected chi connectivity index (χ2v) is 2.46. The molecular formula is C5H9F3N6. The number of hydrazine groups is 1. The number of alkyl halides is 3. The molecule has 0 radical (unpaired) electrons. The summed E-state index contributed by atoms with van der Waals surface area (Å²) in [7, 11) is 0. The minimum Gasteiger partial charge on any atom is -0.329 e. The molecule has 1 heterocycles. The summed E-state index contributed by atoms with van der Waals surface area (Å²) in [6.07, 6.45) is -4.55. The van der Waals surface area contributed by atoms with Crippen LogP contribution in [0.3, 0.4) is 0 Å². The molecule has 0 atom stereocenters. The molecule has 1 aromatic heterocycles. The Labute approximate surface area is 77.0 Å². The molecule has 0 aromatic carbocycles. The van der Waals surface area contributed by atoms with Crippen molar-refractivity contribution in [2.75, 3.05) is 18.1 Å². The van der Waals surface area contributed by atoms with Crippen LogP contribution < -0.4 is 16.6 Å². The minimum atomic E-state index is -4.55. The number of nitrogens with two attached hydrogens (primary N) is 2. The SMILES string of the molecule is NCCN(N)c1n[nH]c(C(F)(F)F)n1. The first kappa shape index (κ1) is 10.7. The number of rotatable bonds is 3. The topological polar surface area (TPSA) is 96.9 Å². The molecule has 0 fully saturated rings. The summed E-state index contributed by atoms with van der Waals surface area (Å²) in [5.41, 5.74) is 5.15. The highest BCUT2D eigenvalue weighted by Crippen LogP contribution is 2.26. The number of H-pyrrole nitrogens is 1. The zero-order chi connectivity index (χ0) is 10.8. The molecule has 0 saturated carbocycles. The van der Waals surface area contributed by atoms with Crippen LogP contribution in [-0.4, -0.2) is 28.3 Å². The van der Waals surface area contributed by atoms with E-state index in [1.165, 1.54) is 0 Å². The van der Waals surface area contributed by atoms with Gasteiger partial charge in [0.2, 0.25) is 5.82 Å². The maximum atomic E-state index is 12.0. The van der Waals surface area contributed by atoms with E-state index in [0.717, 1.165) is 5.01 Å². The zero-order valence-electron chi connectivity index (χ0n) is 7.04. The number of anilines is 1. The van der Waals surface area contributed by atoms with Crippen molar-refractivity contribution in [1.29, 1.82) is 0 Å². The summed E-state index contributed by atoms with van der Waals surface area (Å²) >= 11 is 0. The molecule has 1 aromatic rings. The third-order valence-corrected chi connectivity index (χ3v) is 1.37. The quantitative estimate of drug-likeness (QED) is 0.460. The molecule has 0 amide bonds. The van der Waals surface area contributed by atoms with E-state index in [4.69, 9.17) is 11.6 Å². The van der Waals surface area contributed by atoms with E-state index in [-0.39, 0.29) is 19.0 Å². The van der Waals surface area contributed by atoms with Gasteiger partial charge in [-0.25, -0.2) is 5.84 Å². The molecule has 9 heteroatoms. The van der Waals surface area contributed by atoms with Gasteiger partial charge in [-0.05, 0) is 0 Å². The lowest BCUT2D eigenvalue weighted by molar-refractivity contribution is -0.144. The van der Waals surface area contributed by atoms with Crippen LogP contribution in [0.5, 0.6) is 0 Å². The molecule has 0 saturated heterocycles. The number of hydrogen-bond acceptors (Lipinski definition) is 5. The summed E-state index contributed by atoms with van der Waals surface area (Å²) in [4.78, 5) is 3.15. The number of nitrogens with one attached hydrogen (secondary N) is 1. The molecule has 1 rings (SSSR count). The van der Waals surface area contributed by atoms with Crippen molar-refractivity contribution in [3.05, 3.63) is 5.82 Å². The smallest absolute Gasteiger partial charge is 0.329 e. The van der Waals surface area contributed by atoms with E-state index < -0.39 is 12.0 Å². The number of halogens is 3. The van der Waals surface area contributed by atoms with Crippen LogP contribution in [0.4, 0.5) is 19.1 Å². The van der Waals surface area contributed by atoms with E-state index >= 15 is 0 Å². The lowest BCUT2D eigenvalue weighted by atomic mass is 10.6. The molecule has 0 spiro atoms. The van der Waals surface area contributed by atoms with Gasteiger partial charge in [-0.3, -0.25) is 10.1 Å². The van der Waals surface area contributed by atoms with Gasteiger partial charge in [-0.1, -0.05) is 0 Å². The highest BCUT2D eigenvalue weighted by molar-refractivity contribution is 5.25. The van der Waals surface area contributed by atoms with Crippen molar-refractivity contribution in [2.24, 2.45) is 11.6 Å². The summed E-state index contributed by atoms with van der Waals surface area (Å²) in [6.45, 7) is 0.377. The summed E-state index contributed by atoms with van der Waals surface area (Å²) in [5, 5.41) is 5.96. The molecule has 80 valence electrons. The van der Waals surface area contributed by atoms with Gasteiger partial charge in [0.1, 0.15) is 0 Å². The van der Waals surface area contributed by atoms with Crippen molar-refractivity contribution < 1.29 is 13.2 Å². The summed E-state index contributed by atoms with van der Waals surface area (Å²) in [6, 6.07) is 0. The van der Waals surface area contributed by atoms with Gasteiger partial charge in [0.05, 0.1) is 0 Å². The van der Waals surface area contributed by atoms with E-state index in [1.807, 2.05) is 0 Å². The Balaban J connectivity index is 2.78. The third kappa shape index (κ3) is 2.33. The molecule has 5 N–H and O–H groups in total. The van der Waals surface area contributed by atoms with Gasteiger partial charge >= 0.3 is 6.18 Å². The average Bonchev–Trinajstić information content (AvgIpc) is 2.51. The molecule has 0 bridgehead atoms. The number of hydrogen-bond donors (Lipinski definition) is 3. The van der Waals surface area contributed by atoms with Crippen LogP contribution in [0.2, 0.25) is 0 Å². The van der Waals surface area contributed by atoms with Gasteiger partial charge < -0.3 is 5.73 Å². The Morgan fingerprint density at radius 1 is 1.43 bits per heavy atom. The van der Waals surface area contributed by atoms with E-state index in [0.29, 0.717) is 0 Å². The fourth-order valence-corrected chi connectivity index (χ4v) is 0.747. The number of aromatic nitrogens is 3. The second kappa shape index (κ2) is 3.80. The first-order chi connectivity index (χ1) is 6.45. The van der Waals surface area contributed by atoms with Gasteiger partial charge in [0.25, 0.3) is 5.95 Å². The predicted octanol–water partition coefficient (Wildman–Crippen LogP) is -0.538. The van der Waals surface area contributed by atoms with Crippen molar-refractivity contribution in [3.63, 3.8) is 0 Å². The maximum absolute atomic E-state index is 12.0. The maximum Gasteiger partial charge on any atom is 0.451 e. The second-order valence-electron chi connectivity index (χ2n) is 2.46. The van der Waals surface area contributed by atoms with Crippen LogP contribution >= 0.6 is 0 Å². The van der Waals surface area contributed by atoms with Crippen LogP contribution in [0, 0.1) is 0 Å². The molecule has 0 unspecified atom stereocenters. The van der Waals surface area contributed by atoms with Crippen molar-refractivity contribution in [3.8, 4) is 0 Å². The van der Waals surface area contributed by atoms with Crippen LogP contribution in [0.25, 0.3) is 0 Å². The third-order valence-electron chi connectivity index (χ3n) is 1.37. The molecule has 0 aliphatic heterocycles. The highest BCUT2D eigenvalue weighted by atomic mass is 19.4. The van der Waals surface area contributed by atoms with Crippen LogP contribution in [-0.2, 0) is 6.18 Å². The van der Waals surface area contributed by atoms with Crippen molar-refractivity contribution >= 4 is 5.95 Å². The van der Waals surface area contributed by atoms with Gasteiger partial charge in [-0.2, -0.15) is 18.2 Å². The van der Waals surface area contributed by atoms with E-state index in [2.05, 4.69) is 10.1 Å². The average molecular weight is 210 g/mol. The summed E-state index contributed by atoms with van der Waals surface area (Å²) < 4.78 is 36.1. The van der Waals surface area contributed by atoms with Crippen molar-refractivity contribution in [1.82, 2.24) is 15.2 Å². The standard InChI is InChI=1S/C5H9F3N6/c6-5(7,8)3-11-4(13-12-3)14(10)2-1-9/h1-2,9-10H2,(H,11,12,13). The monoisotopic (exact) mass is 210 g/mol. The Kier molecular flexibility index (Phi) is 2.91. The van der Waals surface area contributed by atoms with E-state index in [1.54, 1.807) is 5.10 Å². The first-order valence-electron chi connectivity index (χ1n) is 3.67. The first-order valence-corrected chi connectivity index (χ1v) is 3.67. The Bertz CT molecular complexity index is 294. The predicted molar refractivity (Wildman–Crippen MR) is 42.0 cm³/mol. The highest BCUT2D eigenvalue weighted by Gasteiger charge is 2.35. The fraction of sp³-hybridized carbons (Fsp3) is 0.600. The Morgan fingerprint density at radius 2 is 2.07 bits per heavy atom. The largest absolute Gasteiger partial charge is 0.451 e. The minimum absolute atomic E-state index is 0.176. The van der Waals surface area contributed by atoms with Crippen LogP contribution in [0.1, 0.15) is 5.82 Å². The molecule has 0 aliphatic carbocycles. The lowest BCUT2D eigenvalue weighted by Crippen LogP contribution is -2.36. The van der Waals surface area contributed by atoms with Crippen molar-refractivity contribution in [2.45, 2.75) is 6.18 Å². The molecule has 0 aliphatic rings. The molecule has 14 heavy (non-hydrogen) atoms. The van der Waals surface area contributed by atoms with Gasteiger partial charge in [-0.15, -0.1) is 5.10 Å². The van der Waals surface area contributed by atoms with Crippen LogP contribution in [0.15, 0.2) is 0 Å². The lowest BCUT2D eigenvalue weighted by Gasteiger charge is -2.11. The molecule has 6 nitrogen and oxygen atoms in total. The molecular weight excluding hydrogens is 201 g/mol. The Morgan fingerprint density at radius 3 is 2.50 bits per heavy atom. The normalized spacial score (nSPS) is 11.8. The fourth-order valence-electron chi connectivity index (χ4n) is 0.747.